The average molecular weight is 312 g/mol. The van der Waals surface area contributed by atoms with E-state index in [9.17, 15) is 13.4 Å². The molecule has 0 aliphatic heterocycles. The van der Waals surface area contributed by atoms with Crippen molar-refractivity contribution in [3.05, 3.63) is 24.0 Å². The number of anilines is 1. The Bertz CT molecular complexity index is 544. The molecule has 2 rings (SSSR count). The molecule has 0 radical (unpaired) electrons. The lowest BCUT2D eigenvalue weighted by Crippen LogP contribution is -2.42. The van der Waals surface area contributed by atoms with Gasteiger partial charge >= 0.3 is 0 Å². The van der Waals surface area contributed by atoms with E-state index in [0.29, 0.717) is 4.90 Å². The van der Waals surface area contributed by atoms with E-state index >= 15 is 0 Å². The smallest absolute Gasteiger partial charge is 0.236 e. The minimum atomic E-state index is -1.59. The summed E-state index contributed by atoms with van der Waals surface area (Å²) in [7, 11) is -1.59. The lowest BCUT2D eigenvalue weighted by Gasteiger charge is -2.24. The fourth-order valence-corrected chi connectivity index (χ4v) is 3.69. The van der Waals surface area contributed by atoms with E-state index in [4.69, 9.17) is 5.73 Å². The van der Waals surface area contributed by atoms with Gasteiger partial charge in [0.2, 0.25) is 5.91 Å². The summed E-state index contributed by atoms with van der Waals surface area (Å²) in [5.41, 5.74) is 5.80. The standard InChI is InChI=1S/C15H21FN2O2S/c1-10(15(19)18-12-5-3-2-4-6-12)21(20)14-8-7-11(16)9-13(14)17/h7-10,12H,2-6,17H2,1H3,(H,18,19). The maximum Gasteiger partial charge on any atom is 0.236 e. The van der Waals surface area contributed by atoms with Crippen LogP contribution >= 0.6 is 0 Å². The van der Waals surface area contributed by atoms with E-state index in [1.807, 2.05) is 0 Å². The Balaban J connectivity index is 2.02. The number of nitrogen functional groups attached to an aromatic ring is 1. The van der Waals surface area contributed by atoms with Crippen LogP contribution in [0.15, 0.2) is 23.1 Å². The predicted octanol–water partition coefficient (Wildman–Crippen LogP) is 2.35. The van der Waals surface area contributed by atoms with Gasteiger partial charge < -0.3 is 11.1 Å². The van der Waals surface area contributed by atoms with Crippen molar-refractivity contribution in [2.45, 2.75) is 55.2 Å². The summed E-state index contributed by atoms with van der Waals surface area (Å²) in [4.78, 5) is 12.5. The third kappa shape index (κ3) is 4.03. The lowest BCUT2D eigenvalue weighted by atomic mass is 9.95. The van der Waals surface area contributed by atoms with Gasteiger partial charge in [-0.2, -0.15) is 0 Å². The molecule has 1 saturated carbocycles. The van der Waals surface area contributed by atoms with E-state index in [0.717, 1.165) is 31.7 Å². The molecule has 1 fully saturated rings. The molecular formula is C15H21FN2O2S. The highest BCUT2D eigenvalue weighted by atomic mass is 32.2. The quantitative estimate of drug-likeness (QED) is 0.838. The Morgan fingerprint density at radius 1 is 1.38 bits per heavy atom. The minimum absolute atomic E-state index is 0.116. The summed E-state index contributed by atoms with van der Waals surface area (Å²) in [6.07, 6.45) is 5.40. The van der Waals surface area contributed by atoms with Crippen LogP contribution < -0.4 is 11.1 Å². The molecule has 6 heteroatoms. The van der Waals surface area contributed by atoms with Crippen molar-refractivity contribution in [1.29, 1.82) is 0 Å². The van der Waals surface area contributed by atoms with E-state index in [1.165, 1.54) is 18.6 Å². The Hall–Kier alpha value is -1.43. The molecule has 1 aromatic rings. The molecule has 0 saturated heterocycles. The molecule has 0 spiro atoms. The molecule has 2 atom stereocenters. The maximum atomic E-state index is 13.0. The number of benzene rings is 1. The lowest BCUT2D eigenvalue weighted by molar-refractivity contribution is -0.121. The summed E-state index contributed by atoms with van der Waals surface area (Å²) < 4.78 is 25.4. The molecule has 21 heavy (non-hydrogen) atoms. The van der Waals surface area contributed by atoms with Gasteiger partial charge in [-0.15, -0.1) is 0 Å². The molecule has 0 bridgehead atoms. The zero-order valence-electron chi connectivity index (χ0n) is 12.1. The van der Waals surface area contributed by atoms with Crippen molar-refractivity contribution in [2.24, 2.45) is 0 Å². The maximum absolute atomic E-state index is 13.0. The van der Waals surface area contributed by atoms with E-state index < -0.39 is 21.9 Å². The molecule has 1 amide bonds. The Morgan fingerprint density at radius 2 is 2.05 bits per heavy atom. The van der Waals surface area contributed by atoms with Gasteiger partial charge in [0.25, 0.3) is 0 Å². The Labute approximate surface area is 126 Å². The number of halogens is 1. The second-order valence-electron chi connectivity index (χ2n) is 5.47. The van der Waals surface area contributed by atoms with Crippen LogP contribution in [-0.4, -0.2) is 21.4 Å². The topological polar surface area (TPSA) is 72.2 Å². The fraction of sp³-hybridized carbons (Fsp3) is 0.533. The van der Waals surface area contributed by atoms with Crippen molar-refractivity contribution in [2.75, 3.05) is 5.73 Å². The van der Waals surface area contributed by atoms with Crippen LogP contribution in [0.25, 0.3) is 0 Å². The van der Waals surface area contributed by atoms with Gasteiger partial charge in [-0.3, -0.25) is 9.00 Å². The van der Waals surface area contributed by atoms with E-state index in [1.54, 1.807) is 6.92 Å². The van der Waals surface area contributed by atoms with Gasteiger partial charge in [0, 0.05) is 6.04 Å². The highest BCUT2D eigenvalue weighted by molar-refractivity contribution is 7.86. The van der Waals surface area contributed by atoms with Crippen molar-refractivity contribution in [1.82, 2.24) is 5.32 Å². The Morgan fingerprint density at radius 3 is 2.67 bits per heavy atom. The first-order chi connectivity index (χ1) is 9.99. The van der Waals surface area contributed by atoms with Gasteiger partial charge in [0.1, 0.15) is 11.1 Å². The van der Waals surface area contributed by atoms with Gasteiger partial charge in [-0.05, 0) is 38.0 Å². The number of carbonyl (C=O) groups is 1. The second-order valence-corrected chi connectivity index (χ2v) is 7.21. The van der Waals surface area contributed by atoms with E-state index in [-0.39, 0.29) is 17.6 Å². The number of nitrogens with one attached hydrogen (secondary N) is 1. The molecule has 3 N–H and O–H groups in total. The SMILES string of the molecule is CC(C(=O)NC1CCCCC1)S(=O)c1ccc(F)cc1N. The summed E-state index contributed by atoms with van der Waals surface area (Å²) >= 11 is 0. The van der Waals surface area contributed by atoms with Crippen LogP contribution in [-0.2, 0) is 15.6 Å². The Kier molecular flexibility index (Phi) is 5.33. The highest BCUT2D eigenvalue weighted by Crippen LogP contribution is 2.21. The van der Waals surface area contributed by atoms with Crippen molar-refractivity contribution in [3.63, 3.8) is 0 Å². The molecule has 2 unspecified atom stereocenters. The summed E-state index contributed by atoms with van der Waals surface area (Å²) in [5.74, 6) is -0.712. The first-order valence-electron chi connectivity index (χ1n) is 7.25. The van der Waals surface area contributed by atoms with Crippen LogP contribution in [0.5, 0.6) is 0 Å². The third-order valence-corrected chi connectivity index (χ3v) is 5.49. The third-order valence-electron chi connectivity index (χ3n) is 3.83. The van der Waals surface area contributed by atoms with Crippen molar-refractivity contribution < 1.29 is 13.4 Å². The van der Waals surface area contributed by atoms with Gasteiger partial charge in [-0.25, -0.2) is 4.39 Å². The second kappa shape index (κ2) is 7.02. The number of hydrogen-bond acceptors (Lipinski definition) is 3. The predicted molar refractivity (Wildman–Crippen MR) is 81.7 cm³/mol. The van der Waals surface area contributed by atoms with Gasteiger partial charge in [-0.1, -0.05) is 19.3 Å². The average Bonchev–Trinajstić information content (AvgIpc) is 2.47. The molecular weight excluding hydrogens is 291 g/mol. The van der Waals surface area contributed by atoms with E-state index in [2.05, 4.69) is 5.32 Å². The monoisotopic (exact) mass is 312 g/mol. The van der Waals surface area contributed by atoms with Crippen LogP contribution in [0.1, 0.15) is 39.0 Å². The molecule has 1 aliphatic carbocycles. The molecule has 0 aromatic heterocycles. The molecule has 1 aromatic carbocycles. The van der Waals surface area contributed by atoms with Gasteiger partial charge in [0.05, 0.1) is 21.4 Å². The zero-order valence-corrected chi connectivity index (χ0v) is 12.9. The number of hydrogen-bond donors (Lipinski definition) is 2. The summed E-state index contributed by atoms with van der Waals surface area (Å²) in [6, 6.07) is 3.88. The largest absolute Gasteiger partial charge is 0.398 e. The normalized spacial score (nSPS) is 19.0. The van der Waals surface area contributed by atoms with Crippen LogP contribution in [0.2, 0.25) is 0 Å². The highest BCUT2D eigenvalue weighted by Gasteiger charge is 2.25. The van der Waals surface area contributed by atoms with Crippen molar-refractivity contribution in [3.8, 4) is 0 Å². The molecule has 4 nitrogen and oxygen atoms in total. The van der Waals surface area contributed by atoms with Gasteiger partial charge in [0.15, 0.2) is 0 Å². The molecule has 0 heterocycles. The van der Waals surface area contributed by atoms with Crippen molar-refractivity contribution >= 4 is 22.4 Å². The number of amides is 1. The first kappa shape index (κ1) is 15.9. The number of carbonyl (C=O) groups excluding carboxylic acids is 1. The minimum Gasteiger partial charge on any atom is -0.398 e. The number of nitrogens with two attached hydrogens (primary N) is 1. The van der Waals surface area contributed by atoms with Crippen LogP contribution in [0.4, 0.5) is 10.1 Å². The molecule has 1 aliphatic rings. The zero-order chi connectivity index (χ0) is 15.4. The first-order valence-corrected chi connectivity index (χ1v) is 8.46. The fourth-order valence-electron chi connectivity index (χ4n) is 2.56. The summed E-state index contributed by atoms with van der Waals surface area (Å²) in [5, 5.41) is 2.24. The molecule has 116 valence electrons. The van der Waals surface area contributed by atoms with Crippen LogP contribution in [0, 0.1) is 5.82 Å². The van der Waals surface area contributed by atoms with Crippen LogP contribution in [0.3, 0.4) is 0 Å². The summed E-state index contributed by atoms with van der Waals surface area (Å²) in [6.45, 7) is 1.61. The number of rotatable bonds is 4.